The van der Waals surface area contributed by atoms with Gasteiger partial charge in [-0.3, -0.25) is 4.79 Å². The summed E-state index contributed by atoms with van der Waals surface area (Å²) in [5, 5.41) is 8.64. The smallest absolute Gasteiger partial charge is 0.304 e. The summed E-state index contributed by atoms with van der Waals surface area (Å²) < 4.78 is 0. The fourth-order valence-corrected chi connectivity index (χ4v) is 2.45. The first kappa shape index (κ1) is 9.86. The van der Waals surface area contributed by atoms with Crippen LogP contribution in [-0.4, -0.2) is 47.1 Å². The molecule has 0 amide bonds. The van der Waals surface area contributed by atoms with E-state index in [9.17, 15) is 4.79 Å². The molecule has 0 radical (unpaired) electrons. The van der Waals surface area contributed by atoms with Gasteiger partial charge in [0.15, 0.2) is 0 Å². The lowest BCUT2D eigenvalue weighted by molar-refractivity contribution is -0.138. The van der Waals surface area contributed by atoms with Crippen molar-refractivity contribution in [3.05, 3.63) is 0 Å². The number of thioether (sulfide) groups is 1. The number of carbonyl (C=O) groups is 1. The quantitative estimate of drug-likeness (QED) is 0.700. The van der Waals surface area contributed by atoms with E-state index >= 15 is 0 Å². The lowest BCUT2D eigenvalue weighted by Gasteiger charge is -2.23. The van der Waals surface area contributed by atoms with Crippen molar-refractivity contribution in [3.63, 3.8) is 0 Å². The summed E-state index contributed by atoms with van der Waals surface area (Å²) in [7, 11) is 2.01. The van der Waals surface area contributed by atoms with Gasteiger partial charge in [0.1, 0.15) is 0 Å². The largest absolute Gasteiger partial charge is 0.481 e. The molecule has 1 rings (SSSR count). The molecule has 4 heteroatoms. The molecule has 1 N–H and O–H groups in total. The topological polar surface area (TPSA) is 40.5 Å². The number of hydrogen-bond acceptors (Lipinski definition) is 3. The van der Waals surface area contributed by atoms with Crippen LogP contribution in [0.4, 0.5) is 0 Å². The van der Waals surface area contributed by atoms with Crippen molar-refractivity contribution in [1.82, 2.24) is 4.90 Å². The number of aliphatic carboxylic acids is 1. The molecule has 1 unspecified atom stereocenters. The van der Waals surface area contributed by atoms with Gasteiger partial charge in [0.25, 0.3) is 0 Å². The fraction of sp³-hybridized carbons (Fsp3) is 0.875. The molecule has 1 aliphatic heterocycles. The van der Waals surface area contributed by atoms with E-state index in [1.165, 1.54) is 0 Å². The molecule has 1 aliphatic rings. The Labute approximate surface area is 77.1 Å². The zero-order valence-electron chi connectivity index (χ0n) is 7.32. The van der Waals surface area contributed by atoms with Crippen LogP contribution >= 0.6 is 11.8 Å². The summed E-state index contributed by atoms with van der Waals surface area (Å²) in [5.74, 6) is 1.55. The van der Waals surface area contributed by atoms with Gasteiger partial charge in [-0.25, -0.2) is 0 Å². The monoisotopic (exact) mass is 189 g/mol. The van der Waals surface area contributed by atoms with Crippen molar-refractivity contribution < 1.29 is 9.90 Å². The molecule has 0 aromatic rings. The Bertz CT molecular complexity index is 163. The van der Waals surface area contributed by atoms with Gasteiger partial charge in [0.2, 0.25) is 0 Å². The molecule has 1 atom stereocenters. The molecular formula is C8H15NO2S. The summed E-state index contributed by atoms with van der Waals surface area (Å²) in [4.78, 5) is 12.7. The summed E-state index contributed by atoms with van der Waals surface area (Å²) in [5.41, 5.74) is 0. The van der Waals surface area contributed by atoms with Crippen LogP contribution in [0.2, 0.25) is 0 Å². The van der Waals surface area contributed by atoms with Crippen molar-refractivity contribution in [2.75, 3.05) is 25.1 Å². The van der Waals surface area contributed by atoms with E-state index in [4.69, 9.17) is 5.11 Å². The standard InChI is InChI=1S/C8H15NO2S/c1-9-3-5-12-4-2-7(9)6-8(10)11/h7H,2-6H2,1H3,(H,10,11). The first-order chi connectivity index (χ1) is 5.70. The molecule has 0 aromatic carbocycles. The molecule has 0 aliphatic carbocycles. The number of nitrogens with zero attached hydrogens (tertiary/aromatic N) is 1. The van der Waals surface area contributed by atoms with Gasteiger partial charge in [0.05, 0.1) is 6.42 Å². The first-order valence-electron chi connectivity index (χ1n) is 4.20. The third-order valence-electron chi connectivity index (χ3n) is 2.22. The Hall–Kier alpha value is -0.220. The highest BCUT2D eigenvalue weighted by Crippen LogP contribution is 2.16. The Morgan fingerprint density at radius 3 is 3.08 bits per heavy atom. The molecule has 1 heterocycles. The SMILES string of the molecule is CN1CCSCCC1CC(=O)O. The highest BCUT2D eigenvalue weighted by molar-refractivity contribution is 7.99. The molecule has 0 aromatic heterocycles. The molecule has 0 saturated carbocycles. The zero-order chi connectivity index (χ0) is 8.97. The molecule has 70 valence electrons. The van der Waals surface area contributed by atoms with Crippen molar-refractivity contribution in [3.8, 4) is 0 Å². The fourth-order valence-electron chi connectivity index (χ4n) is 1.39. The van der Waals surface area contributed by atoms with Crippen LogP contribution in [0.1, 0.15) is 12.8 Å². The van der Waals surface area contributed by atoms with E-state index in [-0.39, 0.29) is 12.5 Å². The summed E-state index contributed by atoms with van der Waals surface area (Å²) in [6.07, 6.45) is 1.30. The second-order valence-electron chi connectivity index (χ2n) is 3.13. The molecule has 1 fully saturated rings. The predicted molar refractivity (Wildman–Crippen MR) is 50.6 cm³/mol. The Kier molecular flexibility index (Phi) is 3.88. The number of hydrogen-bond donors (Lipinski definition) is 1. The van der Waals surface area contributed by atoms with Crippen LogP contribution in [0.3, 0.4) is 0 Å². The Morgan fingerprint density at radius 1 is 1.67 bits per heavy atom. The van der Waals surface area contributed by atoms with E-state index in [0.29, 0.717) is 0 Å². The van der Waals surface area contributed by atoms with Gasteiger partial charge in [-0.2, -0.15) is 11.8 Å². The van der Waals surface area contributed by atoms with E-state index < -0.39 is 5.97 Å². The highest BCUT2D eigenvalue weighted by atomic mass is 32.2. The van der Waals surface area contributed by atoms with Gasteiger partial charge in [-0.1, -0.05) is 0 Å². The third-order valence-corrected chi connectivity index (χ3v) is 3.21. The number of carboxylic acid groups (broad SMARTS) is 1. The summed E-state index contributed by atoms with van der Waals surface area (Å²) in [6.45, 7) is 1.02. The molecule has 12 heavy (non-hydrogen) atoms. The minimum atomic E-state index is -0.682. The molecule has 0 spiro atoms. The summed E-state index contributed by atoms with van der Waals surface area (Å²) >= 11 is 1.92. The highest BCUT2D eigenvalue weighted by Gasteiger charge is 2.19. The third kappa shape index (κ3) is 3.03. The van der Waals surface area contributed by atoms with Crippen molar-refractivity contribution in [2.45, 2.75) is 18.9 Å². The second-order valence-corrected chi connectivity index (χ2v) is 4.36. The van der Waals surface area contributed by atoms with Crippen LogP contribution in [0, 0.1) is 0 Å². The van der Waals surface area contributed by atoms with E-state index in [1.807, 2.05) is 18.8 Å². The molecular weight excluding hydrogens is 174 g/mol. The molecule has 3 nitrogen and oxygen atoms in total. The normalized spacial score (nSPS) is 26.6. The molecule has 0 bridgehead atoms. The van der Waals surface area contributed by atoms with Gasteiger partial charge < -0.3 is 10.0 Å². The van der Waals surface area contributed by atoms with E-state index in [1.54, 1.807) is 0 Å². The van der Waals surface area contributed by atoms with Gasteiger partial charge >= 0.3 is 5.97 Å². The minimum absolute atomic E-state index is 0.248. The predicted octanol–water partition coefficient (Wildman–Crippen LogP) is 0.898. The lowest BCUT2D eigenvalue weighted by atomic mass is 10.1. The second kappa shape index (κ2) is 4.72. The van der Waals surface area contributed by atoms with Crippen LogP contribution in [-0.2, 0) is 4.79 Å². The maximum Gasteiger partial charge on any atom is 0.304 e. The van der Waals surface area contributed by atoms with Crippen LogP contribution < -0.4 is 0 Å². The van der Waals surface area contributed by atoms with E-state index in [2.05, 4.69) is 4.90 Å². The van der Waals surface area contributed by atoms with Crippen LogP contribution in [0.5, 0.6) is 0 Å². The Morgan fingerprint density at radius 2 is 2.42 bits per heavy atom. The number of rotatable bonds is 2. The van der Waals surface area contributed by atoms with Gasteiger partial charge in [-0.05, 0) is 19.2 Å². The van der Waals surface area contributed by atoms with Gasteiger partial charge in [0, 0.05) is 18.3 Å². The average molecular weight is 189 g/mol. The van der Waals surface area contributed by atoms with E-state index in [0.717, 1.165) is 24.5 Å². The van der Waals surface area contributed by atoms with Crippen molar-refractivity contribution in [1.29, 1.82) is 0 Å². The zero-order valence-corrected chi connectivity index (χ0v) is 8.14. The van der Waals surface area contributed by atoms with Crippen LogP contribution in [0.15, 0.2) is 0 Å². The maximum atomic E-state index is 10.5. The number of carboxylic acids is 1. The molecule has 1 saturated heterocycles. The van der Waals surface area contributed by atoms with Crippen LogP contribution in [0.25, 0.3) is 0 Å². The Balaban J connectivity index is 2.41. The van der Waals surface area contributed by atoms with Crippen molar-refractivity contribution in [2.24, 2.45) is 0 Å². The van der Waals surface area contributed by atoms with Crippen molar-refractivity contribution >= 4 is 17.7 Å². The first-order valence-corrected chi connectivity index (χ1v) is 5.35. The minimum Gasteiger partial charge on any atom is -0.481 e. The average Bonchev–Trinajstić information content (AvgIpc) is 2.16. The lowest BCUT2D eigenvalue weighted by Crippen LogP contribution is -2.34. The summed E-state index contributed by atoms with van der Waals surface area (Å²) in [6, 6.07) is 0.248. The van der Waals surface area contributed by atoms with Gasteiger partial charge in [-0.15, -0.1) is 0 Å². The maximum absolute atomic E-state index is 10.5.